The van der Waals surface area contributed by atoms with Gasteiger partial charge in [0.1, 0.15) is 0 Å². The van der Waals surface area contributed by atoms with Crippen molar-refractivity contribution in [2.24, 2.45) is 5.41 Å². The first-order valence-electron chi connectivity index (χ1n) is 8.02. The van der Waals surface area contributed by atoms with E-state index in [0.717, 1.165) is 5.56 Å². The van der Waals surface area contributed by atoms with Gasteiger partial charge in [0.25, 0.3) is 0 Å². The molecule has 0 aromatic heterocycles. The van der Waals surface area contributed by atoms with E-state index in [1.165, 1.54) is 12.0 Å². The SMILES string of the molecule is COC(=O)c1ccc(C2CCN(C(=O)O)C(C(C)(C)C)C2O)cc1. The van der Waals surface area contributed by atoms with Crippen molar-refractivity contribution in [1.29, 1.82) is 0 Å². The summed E-state index contributed by atoms with van der Waals surface area (Å²) in [7, 11) is 1.33. The van der Waals surface area contributed by atoms with Gasteiger partial charge in [-0.1, -0.05) is 32.9 Å². The number of methoxy groups -OCH3 is 1. The van der Waals surface area contributed by atoms with Gasteiger partial charge in [0, 0.05) is 12.5 Å². The molecular weight excluding hydrogens is 310 g/mol. The second-order valence-corrected chi connectivity index (χ2v) is 7.29. The molecule has 2 N–H and O–H groups in total. The smallest absolute Gasteiger partial charge is 0.407 e. The number of esters is 1. The Morgan fingerprint density at radius 3 is 2.25 bits per heavy atom. The Morgan fingerprint density at radius 2 is 1.79 bits per heavy atom. The molecule has 1 aliphatic heterocycles. The molecule has 0 saturated carbocycles. The van der Waals surface area contributed by atoms with Crippen LogP contribution in [0.15, 0.2) is 24.3 Å². The second kappa shape index (κ2) is 6.81. The first-order valence-corrected chi connectivity index (χ1v) is 8.02. The highest BCUT2D eigenvalue weighted by molar-refractivity contribution is 5.89. The molecule has 0 bridgehead atoms. The Morgan fingerprint density at radius 1 is 1.21 bits per heavy atom. The summed E-state index contributed by atoms with van der Waals surface area (Å²) in [6, 6.07) is 6.45. The lowest BCUT2D eigenvalue weighted by Crippen LogP contribution is -2.58. The van der Waals surface area contributed by atoms with Crippen LogP contribution in [0.25, 0.3) is 0 Å². The highest BCUT2D eigenvalue weighted by Crippen LogP contribution is 2.39. The van der Waals surface area contributed by atoms with Gasteiger partial charge in [-0.05, 0) is 29.5 Å². The van der Waals surface area contributed by atoms with E-state index in [-0.39, 0.29) is 11.3 Å². The fourth-order valence-corrected chi connectivity index (χ4v) is 3.53. The van der Waals surface area contributed by atoms with Gasteiger partial charge in [-0.2, -0.15) is 0 Å². The molecule has 132 valence electrons. The van der Waals surface area contributed by atoms with Crippen molar-refractivity contribution >= 4 is 12.1 Å². The van der Waals surface area contributed by atoms with E-state index in [4.69, 9.17) is 0 Å². The number of rotatable bonds is 2. The first kappa shape index (κ1) is 18.3. The van der Waals surface area contributed by atoms with Gasteiger partial charge in [0.15, 0.2) is 0 Å². The minimum Gasteiger partial charge on any atom is -0.465 e. The van der Waals surface area contributed by atoms with Gasteiger partial charge in [-0.25, -0.2) is 9.59 Å². The molecule has 0 aliphatic carbocycles. The fourth-order valence-electron chi connectivity index (χ4n) is 3.53. The summed E-state index contributed by atoms with van der Waals surface area (Å²) in [6.45, 7) is 6.16. The lowest BCUT2D eigenvalue weighted by Gasteiger charge is -2.48. The molecule has 1 aromatic carbocycles. The molecule has 0 radical (unpaired) electrons. The molecule has 1 fully saturated rings. The van der Waals surface area contributed by atoms with Crippen LogP contribution in [0.2, 0.25) is 0 Å². The molecule has 2 rings (SSSR count). The van der Waals surface area contributed by atoms with Crippen molar-refractivity contribution in [2.45, 2.75) is 45.3 Å². The van der Waals surface area contributed by atoms with Gasteiger partial charge < -0.3 is 19.8 Å². The van der Waals surface area contributed by atoms with Crippen molar-refractivity contribution in [3.63, 3.8) is 0 Å². The van der Waals surface area contributed by atoms with Gasteiger partial charge in [-0.3, -0.25) is 0 Å². The average molecular weight is 335 g/mol. The third-order valence-electron chi connectivity index (χ3n) is 4.65. The molecule has 1 amide bonds. The van der Waals surface area contributed by atoms with Gasteiger partial charge in [0.05, 0.1) is 24.8 Å². The van der Waals surface area contributed by atoms with Crippen LogP contribution in [0.4, 0.5) is 4.79 Å². The van der Waals surface area contributed by atoms with Gasteiger partial charge >= 0.3 is 12.1 Å². The van der Waals surface area contributed by atoms with Crippen LogP contribution in [-0.4, -0.2) is 53.0 Å². The van der Waals surface area contributed by atoms with Crippen LogP contribution >= 0.6 is 0 Å². The third-order valence-corrected chi connectivity index (χ3v) is 4.65. The molecule has 1 aliphatic rings. The van der Waals surface area contributed by atoms with E-state index in [2.05, 4.69) is 4.74 Å². The summed E-state index contributed by atoms with van der Waals surface area (Å²) in [5.41, 5.74) is 0.961. The number of amides is 1. The first-order chi connectivity index (χ1) is 11.2. The van der Waals surface area contributed by atoms with Crippen molar-refractivity contribution in [3.8, 4) is 0 Å². The van der Waals surface area contributed by atoms with E-state index < -0.39 is 24.2 Å². The minimum atomic E-state index is -1.01. The van der Waals surface area contributed by atoms with Crippen LogP contribution in [0.5, 0.6) is 0 Å². The largest absolute Gasteiger partial charge is 0.465 e. The van der Waals surface area contributed by atoms with E-state index >= 15 is 0 Å². The van der Waals surface area contributed by atoms with Gasteiger partial charge in [0.2, 0.25) is 0 Å². The Hall–Kier alpha value is -2.08. The van der Waals surface area contributed by atoms with Crippen molar-refractivity contribution in [1.82, 2.24) is 4.90 Å². The number of ether oxygens (including phenoxy) is 1. The van der Waals surface area contributed by atoms with Crippen molar-refractivity contribution in [3.05, 3.63) is 35.4 Å². The number of aliphatic hydroxyl groups excluding tert-OH is 1. The number of hydrogen-bond acceptors (Lipinski definition) is 4. The second-order valence-electron chi connectivity index (χ2n) is 7.29. The van der Waals surface area contributed by atoms with E-state index in [1.54, 1.807) is 24.3 Å². The minimum absolute atomic E-state index is 0.170. The number of benzene rings is 1. The number of piperidine rings is 1. The molecule has 6 heteroatoms. The number of carbonyl (C=O) groups is 2. The summed E-state index contributed by atoms with van der Waals surface area (Å²) in [5, 5.41) is 20.3. The Bertz CT molecular complexity index is 605. The predicted octanol–water partition coefficient (Wildman–Crippen LogP) is 2.72. The number of likely N-dealkylation sites (tertiary alicyclic amines) is 1. The Kier molecular flexibility index (Phi) is 5.18. The summed E-state index contributed by atoms with van der Waals surface area (Å²) in [5.74, 6) is -0.577. The van der Waals surface area contributed by atoms with E-state index in [0.29, 0.717) is 18.5 Å². The van der Waals surface area contributed by atoms with E-state index in [1.807, 2.05) is 20.8 Å². The standard InChI is InChI=1S/C18H25NO5/c1-18(2,3)15-14(20)13(9-10-19(15)17(22)23)11-5-7-12(8-6-11)16(21)24-4/h5-8,13-15,20H,9-10H2,1-4H3,(H,22,23). The Balaban J connectivity index is 2.29. The van der Waals surface area contributed by atoms with Crippen LogP contribution in [0, 0.1) is 5.41 Å². The fraction of sp³-hybridized carbons (Fsp3) is 0.556. The normalized spacial score (nSPS) is 24.5. The molecule has 0 spiro atoms. The molecular formula is C18H25NO5. The highest BCUT2D eigenvalue weighted by Gasteiger charge is 2.45. The van der Waals surface area contributed by atoms with Crippen LogP contribution in [-0.2, 0) is 4.74 Å². The molecule has 1 heterocycles. The number of hydrogen-bond donors (Lipinski definition) is 2. The van der Waals surface area contributed by atoms with Crippen LogP contribution in [0.3, 0.4) is 0 Å². The van der Waals surface area contributed by atoms with Crippen LogP contribution in [0.1, 0.15) is 49.0 Å². The van der Waals surface area contributed by atoms with E-state index in [9.17, 15) is 19.8 Å². The lowest BCUT2D eigenvalue weighted by molar-refractivity contribution is -0.0430. The van der Waals surface area contributed by atoms with Crippen molar-refractivity contribution < 1.29 is 24.5 Å². The molecule has 1 saturated heterocycles. The third kappa shape index (κ3) is 3.53. The quantitative estimate of drug-likeness (QED) is 0.812. The highest BCUT2D eigenvalue weighted by atomic mass is 16.5. The molecule has 3 atom stereocenters. The summed E-state index contributed by atoms with van der Waals surface area (Å²) in [4.78, 5) is 24.4. The molecule has 24 heavy (non-hydrogen) atoms. The number of carboxylic acid groups (broad SMARTS) is 1. The zero-order valence-corrected chi connectivity index (χ0v) is 14.5. The summed E-state index contributed by atoms with van der Waals surface area (Å²) >= 11 is 0. The average Bonchev–Trinajstić information content (AvgIpc) is 2.52. The maximum absolute atomic E-state index is 11.5. The molecule has 3 unspecified atom stereocenters. The lowest BCUT2D eigenvalue weighted by atomic mass is 9.73. The zero-order chi connectivity index (χ0) is 18.1. The topological polar surface area (TPSA) is 87.1 Å². The zero-order valence-electron chi connectivity index (χ0n) is 14.5. The summed E-state index contributed by atoms with van der Waals surface area (Å²) in [6.07, 6.45) is -1.27. The Labute approximate surface area is 142 Å². The number of aliphatic hydroxyl groups is 1. The van der Waals surface area contributed by atoms with Crippen molar-refractivity contribution in [2.75, 3.05) is 13.7 Å². The van der Waals surface area contributed by atoms with Crippen LogP contribution < -0.4 is 0 Å². The predicted molar refractivity (Wildman–Crippen MR) is 89.1 cm³/mol. The molecule has 1 aromatic rings. The molecule has 6 nitrogen and oxygen atoms in total. The maximum Gasteiger partial charge on any atom is 0.407 e. The van der Waals surface area contributed by atoms with Gasteiger partial charge in [-0.15, -0.1) is 0 Å². The summed E-state index contributed by atoms with van der Waals surface area (Å²) < 4.78 is 4.68. The maximum atomic E-state index is 11.5. The number of carbonyl (C=O) groups excluding carboxylic acids is 1. The monoisotopic (exact) mass is 335 g/mol. The number of nitrogens with zero attached hydrogens (tertiary/aromatic N) is 1.